The first-order valence-corrected chi connectivity index (χ1v) is 7.12. The summed E-state index contributed by atoms with van der Waals surface area (Å²) in [4.78, 5) is 12.5. The monoisotopic (exact) mass is 278 g/mol. The molecule has 2 aromatic carbocycles. The van der Waals surface area contributed by atoms with E-state index in [2.05, 4.69) is 0 Å². The van der Waals surface area contributed by atoms with Crippen LogP contribution in [0.1, 0.15) is 24.1 Å². The summed E-state index contributed by atoms with van der Waals surface area (Å²) in [5, 5.41) is 0. The smallest absolute Gasteiger partial charge is 0.295 e. The first-order chi connectivity index (χ1) is 10.3. The number of hydrogen-bond donors (Lipinski definition) is 0. The number of nitrogens with zero attached hydrogens (tertiary/aromatic N) is 2. The summed E-state index contributed by atoms with van der Waals surface area (Å²) in [6, 6.07) is 20.1. The minimum absolute atomic E-state index is 0.0233. The molecule has 0 spiro atoms. The van der Waals surface area contributed by atoms with E-state index < -0.39 is 0 Å². The maximum Gasteiger partial charge on any atom is 0.328 e. The van der Waals surface area contributed by atoms with E-state index >= 15 is 0 Å². The van der Waals surface area contributed by atoms with Crippen molar-refractivity contribution in [2.75, 3.05) is 0 Å². The summed E-state index contributed by atoms with van der Waals surface area (Å²) in [5.41, 5.74) is 2.29. The number of hydrogen-bond acceptors (Lipinski definition) is 1. The SMILES string of the molecule is CC(c1ccccc1)n1ccn(Cc2ccccc2)c1=O. The van der Waals surface area contributed by atoms with E-state index in [0.29, 0.717) is 6.54 Å². The average Bonchev–Trinajstić information content (AvgIpc) is 2.89. The van der Waals surface area contributed by atoms with Crippen molar-refractivity contribution in [3.8, 4) is 0 Å². The minimum atomic E-state index is 0.0233. The predicted octanol–water partition coefficient (Wildman–Crippen LogP) is 3.31. The van der Waals surface area contributed by atoms with Gasteiger partial charge in [-0.3, -0.25) is 9.13 Å². The molecule has 0 aliphatic rings. The van der Waals surface area contributed by atoms with Gasteiger partial charge in [-0.25, -0.2) is 4.79 Å². The molecular formula is C18H18N2O. The molecule has 1 unspecified atom stereocenters. The molecule has 3 aromatic rings. The van der Waals surface area contributed by atoms with Crippen molar-refractivity contribution < 1.29 is 0 Å². The van der Waals surface area contributed by atoms with Gasteiger partial charge in [0, 0.05) is 12.4 Å². The van der Waals surface area contributed by atoms with Crippen LogP contribution in [0.5, 0.6) is 0 Å². The Kier molecular flexibility index (Phi) is 3.73. The van der Waals surface area contributed by atoms with E-state index in [0.717, 1.165) is 11.1 Å². The molecule has 1 heterocycles. The highest BCUT2D eigenvalue weighted by molar-refractivity contribution is 5.19. The van der Waals surface area contributed by atoms with Crippen molar-refractivity contribution in [1.82, 2.24) is 9.13 Å². The molecule has 0 aliphatic carbocycles. The first kappa shape index (κ1) is 13.4. The zero-order valence-electron chi connectivity index (χ0n) is 12.0. The zero-order chi connectivity index (χ0) is 14.7. The van der Waals surface area contributed by atoms with E-state index in [1.165, 1.54) is 0 Å². The van der Waals surface area contributed by atoms with Gasteiger partial charge in [0.15, 0.2) is 0 Å². The molecule has 3 nitrogen and oxygen atoms in total. The lowest BCUT2D eigenvalue weighted by Crippen LogP contribution is -2.26. The van der Waals surface area contributed by atoms with Crippen LogP contribution in [0, 0.1) is 0 Å². The minimum Gasteiger partial charge on any atom is -0.295 e. The summed E-state index contributed by atoms with van der Waals surface area (Å²) in [5.74, 6) is 0. The normalized spacial score (nSPS) is 12.2. The van der Waals surface area contributed by atoms with E-state index in [1.807, 2.05) is 80.0 Å². The highest BCUT2D eigenvalue weighted by Gasteiger charge is 2.11. The summed E-state index contributed by atoms with van der Waals surface area (Å²) < 4.78 is 3.52. The van der Waals surface area contributed by atoms with Crippen molar-refractivity contribution in [1.29, 1.82) is 0 Å². The zero-order valence-corrected chi connectivity index (χ0v) is 12.0. The van der Waals surface area contributed by atoms with Crippen molar-refractivity contribution in [2.24, 2.45) is 0 Å². The Hall–Kier alpha value is -2.55. The van der Waals surface area contributed by atoms with Gasteiger partial charge in [0.2, 0.25) is 0 Å². The molecule has 21 heavy (non-hydrogen) atoms. The molecule has 0 radical (unpaired) electrons. The van der Waals surface area contributed by atoms with Crippen molar-refractivity contribution >= 4 is 0 Å². The van der Waals surface area contributed by atoms with Crippen molar-refractivity contribution in [3.63, 3.8) is 0 Å². The Morgan fingerprint density at radius 2 is 1.52 bits per heavy atom. The second kappa shape index (κ2) is 5.83. The van der Waals surface area contributed by atoms with Gasteiger partial charge >= 0.3 is 5.69 Å². The molecule has 3 heteroatoms. The molecule has 0 bridgehead atoms. The van der Waals surface area contributed by atoms with E-state index in [-0.39, 0.29) is 11.7 Å². The first-order valence-electron chi connectivity index (χ1n) is 7.12. The fourth-order valence-electron chi connectivity index (χ4n) is 2.52. The molecule has 0 saturated carbocycles. The summed E-state index contributed by atoms with van der Waals surface area (Å²) >= 11 is 0. The molecule has 3 rings (SSSR count). The third-order valence-corrected chi connectivity index (χ3v) is 3.77. The predicted molar refractivity (Wildman–Crippen MR) is 84.5 cm³/mol. The van der Waals surface area contributed by atoms with Crippen LogP contribution in [0.3, 0.4) is 0 Å². The molecule has 0 aliphatic heterocycles. The maximum atomic E-state index is 12.5. The van der Waals surface area contributed by atoms with Gasteiger partial charge in [0.25, 0.3) is 0 Å². The summed E-state index contributed by atoms with van der Waals surface area (Å²) in [6.45, 7) is 2.65. The number of aromatic nitrogens is 2. The quantitative estimate of drug-likeness (QED) is 0.719. The molecule has 0 amide bonds. The van der Waals surface area contributed by atoms with E-state index in [4.69, 9.17) is 0 Å². The highest BCUT2D eigenvalue weighted by atomic mass is 16.1. The Balaban J connectivity index is 1.88. The molecule has 0 fully saturated rings. The largest absolute Gasteiger partial charge is 0.328 e. The van der Waals surface area contributed by atoms with Crippen LogP contribution in [0.2, 0.25) is 0 Å². The van der Waals surface area contributed by atoms with Gasteiger partial charge in [-0.05, 0) is 18.1 Å². The molecule has 0 N–H and O–H groups in total. The van der Waals surface area contributed by atoms with Gasteiger partial charge < -0.3 is 0 Å². The lowest BCUT2D eigenvalue weighted by molar-refractivity contribution is 0.591. The van der Waals surface area contributed by atoms with Crippen LogP contribution >= 0.6 is 0 Å². The van der Waals surface area contributed by atoms with Crippen LogP contribution in [-0.4, -0.2) is 9.13 Å². The van der Waals surface area contributed by atoms with Gasteiger partial charge in [-0.2, -0.15) is 0 Å². The van der Waals surface area contributed by atoms with Gasteiger partial charge in [0.05, 0.1) is 12.6 Å². The van der Waals surface area contributed by atoms with Crippen molar-refractivity contribution in [3.05, 3.63) is 94.7 Å². The van der Waals surface area contributed by atoms with Crippen LogP contribution in [0.25, 0.3) is 0 Å². The van der Waals surface area contributed by atoms with Crippen LogP contribution < -0.4 is 5.69 Å². The van der Waals surface area contributed by atoms with Gasteiger partial charge in [-0.1, -0.05) is 60.7 Å². The molecule has 106 valence electrons. The van der Waals surface area contributed by atoms with E-state index in [9.17, 15) is 4.79 Å². The molecular weight excluding hydrogens is 260 g/mol. The third-order valence-electron chi connectivity index (χ3n) is 3.77. The Morgan fingerprint density at radius 3 is 2.19 bits per heavy atom. The third kappa shape index (κ3) is 2.82. The lowest BCUT2D eigenvalue weighted by Gasteiger charge is -2.12. The Labute approximate surface area is 124 Å². The average molecular weight is 278 g/mol. The lowest BCUT2D eigenvalue weighted by atomic mass is 10.1. The Bertz CT molecular complexity index is 757. The van der Waals surface area contributed by atoms with Crippen LogP contribution in [0.4, 0.5) is 0 Å². The summed E-state index contributed by atoms with van der Waals surface area (Å²) in [7, 11) is 0. The second-order valence-corrected chi connectivity index (χ2v) is 5.19. The highest BCUT2D eigenvalue weighted by Crippen LogP contribution is 2.15. The molecule has 1 aromatic heterocycles. The standard InChI is InChI=1S/C18H18N2O/c1-15(17-10-6-3-7-11-17)20-13-12-19(18(20)21)14-16-8-4-2-5-9-16/h2-13,15H,14H2,1H3. The molecule has 0 saturated heterocycles. The summed E-state index contributed by atoms with van der Waals surface area (Å²) in [6.07, 6.45) is 3.72. The van der Waals surface area contributed by atoms with Crippen LogP contribution in [-0.2, 0) is 6.54 Å². The van der Waals surface area contributed by atoms with Crippen molar-refractivity contribution in [2.45, 2.75) is 19.5 Å². The van der Waals surface area contributed by atoms with Gasteiger partial charge in [0.1, 0.15) is 0 Å². The number of rotatable bonds is 4. The molecule has 1 atom stereocenters. The fraction of sp³-hybridized carbons (Fsp3) is 0.167. The second-order valence-electron chi connectivity index (χ2n) is 5.19. The van der Waals surface area contributed by atoms with Crippen LogP contribution in [0.15, 0.2) is 77.9 Å². The number of benzene rings is 2. The van der Waals surface area contributed by atoms with Gasteiger partial charge in [-0.15, -0.1) is 0 Å². The fourth-order valence-corrected chi connectivity index (χ4v) is 2.52. The maximum absolute atomic E-state index is 12.5. The number of imidazole rings is 1. The van der Waals surface area contributed by atoms with E-state index in [1.54, 1.807) is 9.13 Å². The topological polar surface area (TPSA) is 26.9 Å². The Morgan fingerprint density at radius 1 is 0.905 bits per heavy atom.